The Hall–Kier alpha value is -1.89. The summed E-state index contributed by atoms with van der Waals surface area (Å²) in [5.41, 5.74) is 3.09. The predicted molar refractivity (Wildman–Crippen MR) is 109 cm³/mol. The third kappa shape index (κ3) is 4.24. The molecule has 0 bridgehead atoms. The standard InChI is InChI=1S/C22H31N3O3/c1-17-5-7-23(8-6-17)14-19-15-25(16-24-9-11-28-12-10-24)21-4-3-18(13-20(19)21)22(26)27-2/h3-4,13,15,17H,5-12,14,16H2,1-2H3. The number of ether oxygens (including phenoxy) is 2. The maximum absolute atomic E-state index is 12.1. The minimum absolute atomic E-state index is 0.277. The predicted octanol–water partition coefficient (Wildman–Crippen LogP) is 2.95. The van der Waals surface area contributed by atoms with Crippen molar-refractivity contribution in [1.29, 1.82) is 0 Å². The van der Waals surface area contributed by atoms with Crippen LogP contribution in [0.5, 0.6) is 0 Å². The molecule has 4 rings (SSSR count). The number of morpholine rings is 1. The number of piperidine rings is 1. The Morgan fingerprint density at radius 2 is 1.89 bits per heavy atom. The Balaban J connectivity index is 1.63. The normalized spacial score (nSPS) is 19.9. The van der Waals surface area contributed by atoms with Crippen molar-refractivity contribution in [2.24, 2.45) is 5.92 Å². The molecule has 2 saturated heterocycles. The van der Waals surface area contributed by atoms with Gasteiger partial charge in [-0.2, -0.15) is 0 Å². The van der Waals surface area contributed by atoms with Gasteiger partial charge in [-0.05, 0) is 55.6 Å². The number of carbonyl (C=O) groups is 1. The highest BCUT2D eigenvalue weighted by molar-refractivity contribution is 5.95. The number of carbonyl (C=O) groups excluding carboxylic acids is 1. The third-order valence-corrected chi connectivity index (χ3v) is 6.11. The SMILES string of the molecule is COC(=O)c1ccc2c(c1)c(CN1CCC(C)CC1)cn2CN1CCOCC1. The molecule has 152 valence electrons. The molecular weight excluding hydrogens is 354 g/mol. The molecular formula is C22H31N3O3. The van der Waals surface area contributed by atoms with Crippen molar-refractivity contribution in [3.8, 4) is 0 Å². The molecule has 0 N–H and O–H groups in total. The Bertz CT molecular complexity index is 818. The molecule has 2 fully saturated rings. The maximum atomic E-state index is 12.1. The van der Waals surface area contributed by atoms with Gasteiger partial charge in [-0.25, -0.2) is 4.79 Å². The molecule has 1 aromatic heterocycles. The van der Waals surface area contributed by atoms with Gasteiger partial charge in [-0.1, -0.05) is 6.92 Å². The molecule has 6 nitrogen and oxygen atoms in total. The van der Waals surface area contributed by atoms with E-state index in [2.05, 4.69) is 33.6 Å². The van der Waals surface area contributed by atoms with Crippen LogP contribution in [0.4, 0.5) is 0 Å². The van der Waals surface area contributed by atoms with Gasteiger partial charge < -0.3 is 14.0 Å². The van der Waals surface area contributed by atoms with Gasteiger partial charge in [0.2, 0.25) is 0 Å². The fraction of sp³-hybridized carbons (Fsp3) is 0.591. The Labute approximate surface area is 167 Å². The topological polar surface area (TPSA) is 46.9 Å². The van der Waals surface area contributed by atoms with E-state index >= 15 is 0 Å². The molecule has 2 aliphatic heterocycles. The molecule has 28 heavy (non-hydrogen) atoms. The highest BCUT2D eigenvalue weighted by atomic mass is 16.5. The summed E-state index contributed by atoms with van der Waals surface area (Å²) in [5, 5.41) is 1.16. The van der Waals surface area contributed by atoms with Gasteiger partial charge in [0.15, 0.2) is 0 Å². The Morgan fingerprint density at radius 3 is 2.61 bits per heavy atom. The van der Waals surface area contributed by atoms with Crippen LogP contribution in [0, 0.1) is 5.92 Å². The summed E-state index contributed by atoms with van der Waals surface area (Å²) in [5.74, 6) is 0.547. The van der Waals surface area contributed by atoms with Crippen LogP contribution in [0.1, 0.15) is 35.7 Å². The summed E-state index contributed by atoms with van der Waals surface area (Å²) >= 11 is 0. The molecule has 0 aliphatic carbocycles. The highest BCUT2D eigenvalue weighted by Crippen LogP contribution is 2.27. The van der Waals surface area contributed by atoms with Crippen LogP contribution >= 0.6 is 0 Å². The number of hydrogen-bond acceptors (Lipinski definition) is 5. The first kappa shape index (κ1) is 19.4. The van der Waals surface area contributed by atoms with E-state index in [4.69, 9.17) is 9.47 Å². The van der Waals surface area contributed by atoms with E-state index in [1.54, 1.807) is 0 Å². The zero-order valence-corrected chi connectivity index (χ0v) is 17.0. The minimum atomic E-state index is -0.277. The number of hydrogen-bond donors (Lipinski definition) is 0. The summed E-state index contributed by atoms with van der Waals surface area (Å²) < 4.78 is 12.7. The second kappa shape index (κ2) is 8.64. The number of aromatic nitrogens is 1. The average molecular weight is 386 g/mol. The number of benzene rings is 1. The van der Waals surface area contributed by atoms with E-state index in [-0.39, 0.29) is 5.97 Å². The van der Waals surface area contributed by atoms with Crippen LogP contribution in [0.2, 0.25) is 0 Å². The fourth-order valence-electron chi connectivity index (χ4n) is 4.28. The Kier molecular flexibility index (Phi) is 5.99. The van der Waals surface area contributed by atoms with E-state index in [1.807, 2.05) is 12.1 Å². The largest absolute Gasteiger partial charge is 0.465 e. The highest BCUT2D eigenvalue weighted by Gasteiger charge is 2.20. The number of rotatable bonds is 5. The lowest BCUT2D eigenvalue weighted by molar-refractivity contribution is 0.0241. The van der Waals surface area contributed by atoms with Crippen LogP contribution in [0.3, 0.4) is 0 Å². The van der Waals surface area contributed by atoms with Crippen molar-refractivity contribution in [3.63, 3.8) is 0 Å². The van der Waals surface area contributed by atoms with Crippen molar-refractivity contribution in [1.82, 2.24) is 14.4 Å². The number of methoxy groups -OCH3 is 1. The molecule has 2 aromatic rings. The van der Waals surface area contributed by atoms with Gasteiger partial charge in [-0.15, -0.1) is 0 Å². The van der Waals surface area contributed by atoms with Gasteiger partial charge in [-0.3, -0.25) is 9.80 Å². The van der Waals surface area contributed by atoms with Crippen molar-refractivity contribution in [2.75, 3.05) is 46.5 Å². The summed E-state index contributed by atoms with van der Waals surface area (Å²) in [6.07, 6.45) is 4.80. The molecule has 1 aromatic carbocycles. The molecule has 0 atom stereocenters. The number of fused-ring (bicyclic) bond motifs is 1. The summed E-state index contributed by atoms with van der Waals surface area (Å²) in [7, 11) is 1.44. The van der Waals surface area contributed by atoms with E-state index in [1.165, 1.54) is 31.0 Å². The first-order valence-electron chi connectivity index (χ1n) is 10.4. The second-order valence-corrected chi connectivity index (χ2v) is 8.18. The summed E-state index contributed by atoms with van der Waals surface area (Å²) in [4.78, 5) is 17.0. The number of nitrogens with zero attached hydrogens (tertiary/aromatic N) is 3. The van der Waals surface area contributed by atoms with E-state index in [0.29, 0.717) is 5.56 Å². The van der Waals surface area contributed by atoms with Gasteiger partial charge in [0.25, 0.3) is 0 Å². The van der Waals surface area contributed by atoms with Crippen molar-refractivity contribution >= 4 is 16.9 Å². The van der Waals surface area contributed by atoms with Crippen LogP contribution in [0.25, 0.3) is 10.9 Å². The average Bonchev–Trinajstić information content (AvgIpc) is 3.06. The molecule has 0 spiro atoms. The van der Waals surface area contributed by atoms with Crippen LogP contribution in [0.15, 0.2) is 24.4 Å². The minimum Gasteiger partial charge on any atom is -0.465 e. The zero-order chi connectivity index (χ0) is 19.5. The number of likely N-dealkylation sites (tertiary alicyclic amines) is 1. The second-order valence-electron chi connectivity index (χ2n) is 8.18. The number of esters is 1. The van der Waals surface area contributed by atoms with E-state index in [0.717, 1.165) is 63.9 Å². The van der Waals surface area contributed by atoms with Crippen LogP contribution in [-0.2, 0) is 22.7 Å². The first-order chi connectivity index (χ1) is 13.6. The summed E-state index contributed by atoms with van der Waals surface area (Å²) in [6.45, 7) is 9.93. The molecule has 2 aliphatic rings. The van der Waals surface area contributed by atoms with Crippen molar-refractivity contribution in [3.05, 3.63) is 35.5 Å². The van der Waals surface area contributed by atoms with Gasteiger partial charge >= 0.3 is 5.97 Å². The quantitative estimate of drug-likeness (QED) is 0.741. The molecule has 0 unspecified atom stereocenters. The van der Waals surface area contributed by atoms with Crippen LogP contribution < -0.4 is 0 Å². The lowest BCUT2D eigenvalue weighted by Gasteiger charge is -2.30. The van der Waals surface area contributed by atoms with Gasteiger partial charge in [0.1, 0.15) is 0 Å². The molecule has 0 amide bonds. The first-order valence-corrected chi connectivity index (χ1v) is 10.4. The van der Waals surface area contributed by atoms with Gasteiger partial charge in [0.05, 0.1) is 32.6 Å². The lowest BCUT2D eigenvalue weighted by Crippen LogP contribution is -2.37. The lowest BCUT2D eigenvalue weighted by atomic mass is 9.99. The zero-order valence-electron chi connectivity index (χ0n) is 17.0. The maximum Gasteiger partial charge on any atom is 0.337 e. The monoisotopic (exact) mass is 385 g/mol. The van der Waals surface area contributed by atoms with Crippen molar-refractivity contribution in [2.45, 2.75) is 33.0 Å². The van der Waals surface area contributed by atoms with Crippen LogP contribution in [-0.4, -0.2) is 66.8 Å². The summed E-state index contributed by atoms with van der Waals surface area (Å²) in [6, 6.07) is 5.93. The van der Waals surface area contributed by atoms with E-state index < -0.39 is 0 Å². The fourth-order valence-corrected chi connectivity index (χ4v) is 4.28. The van der Waals surface area contributed by atoms with Gasteiger partial charge in [0, 0.05) is 36.7 Å². The molecule has 6 heteroatoms. The van der Waals surface area contributed by atoms with Crippen molar-refractivity contribution < 1.29 is 14.3 Å². The van der Waals surface area contributed by atoms with E-state index in [9.17, 15) is 4.79 Å². The Morgan fingerprint density at radius 1 is 1.14 bits per heavy atom. The molecule has 0 radical (unpaired) electrons. The molecule has 3 heterocycles. The third-order valence-electron chi connectivity index (χ3n) is 6.11. The smallest absolute Gasteiger partial charge is 0.337 e. The molecule has 0 saturated carbocycles.